The van der Waals surface area contributed by atoms with Crippen LogP contribution in [0, 0.1) is 0 Å². The molecule has 32 heavy (non-hydrogen) atoms. The number of anilines is 2. The van der Waals surface area contributed by atoms with Crippen LogP contribution in [0.15, 0.2) is 24.3 Å². The largest absolute Gasteiger partial charge is 0.333 e. The molecule has 1 aromatic rings. The number of imide groups is 2. The van der Waals surface area contributed by atoms with Crippen LogP contribution < -0.4 is 20.4 Å². The summed E-state index contributed by atoms with van der Waals surface area (Å²) >= 11 is 0. The summed E-state index contributed by atoms with van der Waals surface area (Å²) in [5.41, 5.74) is 0.999. The number of amides is 4. The van der Waals surface area contributed by atoms with Crippen molar-refractivity contribution in [2.75, 3.05) is 9.80 Å². The van der Waals surface area contributed by atoms with E-state index in [1.165, 1.54) is 35.5 Å². The van der Waals surface area contributed by atoms with Crippen molar-refractivity contribution in [2.45, 2.75) is 88.4 Å². The van der Waals surface area contributed by atoms with Crippen LogP contribution in [0.5, 0.6) is 0 Å². The molecule has 1 aromatic carbocycles. The van der Waals surface area contributed by atoms with Crippen molar-refractivity contribution in [3.8, 4) is 0 Å². The SMILES string of the molecule is O=C1C[C@@H]([NH2+]C2CCCC2)C(=O)N1c1ccc(N2C(=O)C[C@@H]([NH2+]C3CCCC3)C2=O)cc1. The molecule has 8 heteroatoms. The molecule has 2 atom stereocenters. The minimum atomic E-state index is -0.348. The van der Waals surface area contributed by atoms with E-state index in [1.807, 2.05) is 0 Å². The summed E-state index contributed by atoms with van der Waals surface area (Å²) < 4.78 is 0. The van der Waals surface area contributed by atoms with Gasteiger partial charge < -0.3 is 10.6 Å². The summed E-state index contributed by atoms with van der Waals surface area (Å²) in [4.78, 5) is 53.5. The molecule has 2 heterocycles. The Kier molecular flexibility index (Phi) is 5.82. The summed E-state index contributed by atoms with van der Waals surface area (Å²) in [5.74, 6) is -0.730. The van der Waals surface area contributed by atoms with E-state index in [0.29, 0.717) is 23.5 Å². The van der Waals surface area contributed by atoms with Gasteiger partial charge in [-0.3, -0.25) is 19.2 Å². The highest BCUT2D eigenvalue weighted by molar-refractivity contribution is 6.23. The normalized spacial score (nSPS) is 27.5. The van der Waals surface area contributed by atoms with Crippen LogP contribution in [0.2, 0.25) is 0 Å². The lowest BCUT2D eigenvalue weighted by molar-refractivity contribution is -0.706. The van der Waals surface area contributed by atoms with Gasteiger partial charge in [0, 0.05) is 0 Å². The van der Waals surface area contributed by atoms with Crippen molar-refractivity contribution in [1.29, 1.82) is 0 Å². The highest BCUT2D eigenvalue weighted by Gasteiger charge is 2.45. The van der Waals surface area contributed by atoms with E-state index in [4.69, 9.17) is 0 Å². The fourth-order valence-corrected chi connectivity index (χ4v) is 5.86. The van der Waals surface area contributed by atoms with Gasteiger partial charge in [0.15, 0.2) is 12.1 Å². The Balaban J connectivity index is 1.26. The molecule has 4 N–H and O–H groups in total. The van der Waals surface area contributed by atoms with Gasteiger partial charge in [0.25, 0.3) is 11.8 Å². The van der Waals surface area contributed by atoms with Crippen LogP contribution in [0.3, 0.4) is 0 Å². The van der Waals surface area contributed by atoms with Crippen molar-refractivity contribution < 1.29 is 29.8 Å². The maximum absolute atomic E-state index is 12.9. The van der Waals surface area contributed by atoms with Gasteiger partial charge >= 0.3 is 0 Å². The Morgan fingerprint density at radius 3 is 1.28 bits per heavy atom. The molecule has 4 fully saturated rings. The van der Waals surface area contributed by atoms with E-state index in [2.05, 4.69) is 10.6 Å². The molecule has 0 radical (unpaired) electrons. The van der Waals surface area contributed by atoms with Gasteiger partial charge in [0.1, 0.15) is 0 Å². The zero-order valence-electron chi connectivity index (χ0n) is 18.4. The smallest absolute Gasteiger partial charge is 0.292 e. The van der Waals surface area contributed by atoms with Crippen molar-refractivity contribution in [3.63, 3.8) is 0 Å². The maximum atomic E-state index is 12.9. The fraction of sp³-hybridized carbons (Fsp3) is 0.583. The Hall–Kier alpha value is -2.58. The van der Waals surface area contributed by atoms with Gasteiger partial charge in [-0.15, -0.1) is 0 Å². The van der Waals surface area contributed by atoms with Crippen LogP contribution in [0.4, 0.5) is 11.4 Å². The lowest BCUT2D eigenvalue weighted by Crippen LogP contribution is -2.95. The number of rotatable bonds is 6. The second-order valence-electron chi connectivity index (χ2n) is 9.75. The van der Waals surface area contributed by atoms with Crippen LogP contribution in [-0.4, -0.2) is 47.8 Å². The van der Waals surface area contributed by atoms with E-state index >= 15 is 0 Å². The van der Waals surface area contributed by atoms with E-state index in [1.54, 1.807) is 24.3 Å². The van der Waals surface area contributed by atoms with Gasteiger partial charge in [0.05, 0.1) is 36.3 Å². The number of hydrogen-bond acceptors (Lipinski definition) is 4. The Morgan fingerprint density at radius 1 is 0.594 bits per heavy atom. The molecule has 170 valence electrons. The summed E-state index contributed by atoms with van der Waals surface area (Å²) in [5, 5.41) is 4.15. The monoisotopic (exact) mass is 440 g/mol. The standard InChI is InChI=1S/C24H30N4O4/c29-21-13-19(25-15-5-1-2-6-15)23(31)27(21)17-9-11-18(12-10-17)28-22(30)14-20(24(28)32)26-16-7-3-4-8-16/h9-12,15-16,19-20,25-26H,1-8,13-14H2/p+2/t19-,20-/m1/s1. The summed E-state index contributed by atoms with van der Waals surface area (Å²) in [6, 6.07) is 6.82. The zero-order chi connectivity index (χ0) is 22.2. The van der Waals surface area contributed by atoms with E-state index < -0.39 is 0 Å². The molecule has 4 amide bonds. The quantitative estimate of drug-likeness (QED) is 0.605. The number of quaternary nitrogens is 2. The van der Waals surface area contributed by atoms with Gasteiger partial charge in [-0.25, -0.2) is 9.80 Å². The van der Waals surface area contributed by atoms with E-state index in [0.717, 1.165) is 25.7 Å². The molecule has 2 aliphatic carbocycles. The summed E-state index contributed by atoms with van der Waals surface area (Å²) in [7, 11) is 0. The van der Waals surface area contributed by atoms with Gasteiger partial charge in [-0.1, -0.05) is 0 Å². The molecule has 5 rings (SSSR count). The van der Waals surface area contributed by atoms with E-state index in [9.17, 15) is 19.2 Å². The highest BCUT2D eigenvalue weighted by Crippen LogP contribution is 2.28. The number of nitrogens with two attached hydrogens (primary N) is 2. The first-order chi connectivity index (χ1) is 15.5. The van der Waals surface area contributed by atoms with Crippen LogP contribution in [0.1, 0.15) is 64.2 Å². The molecule has 2 saturated carbocycles. The molecule has 0 spiro atoms. The van der Waals surface area contributed by atoms with Gasteiger partial charge in [0.2, 0.25) is 11.8 Å². The average Bonchev–Trinajstić information content (AvgIpc) is 3.56. The third-order valence-corrected chi connectivity index (χ3v) is 7.54. The Labute approximate surface area is 187 Å². The van der Waals surface area contributed by atoms with Gasteiger partial charge in [-0.2, -0.15) is 0 Å². The maximum Gasteiger partial charge on any atom is 0.292 e. The second kappa shape index (κ2) is 8.75. The van der Waals surface area contributed by atoms with Gasteiger partial charge in [-0.05, 0) is 75.6 Å². The Bertz CT molecular complexity index is 843. The first kappa shape index (κ1) is 21.3. The first-order valence-corrected chi connectivity index (χ1v) is 12.0. The molecular weight excluding hydrogens is 408 g/mol. The predicted molar refractivity (Wildman–Crippen MR) is 117 cm³/mol. The molecule has 2 aliphatic heterocycles. The predicted octanol–water partition coefficient (Wildman–Crippen LogP) is -0.0376. The minimum absolute atomic E-state index is 0.172. The van der Waals surface area contributed by atoms with Crippen molar-refractivity contribution >= 4 is 35.0 Å². The zero-order valence-corrected chi connectivity index (χ0v) is 18.4. The molecule has 0 bridgehead atoms. The first-order valence-electron chi connectivity index (χ1n) is 12.0. The van der Waals surface area contributed by atoms with E-state index in [-0.39, 0.29) is 48.6 Å². The molecule has 0 unspecified atom stereocenters. The minimum Gasteiger partial charge on any atom is -0.333 e. The third kappa shape index (κ3) is 3.97. The van der Waals surface area contributed by atoms with Crippen LogP contribution in [0.25, 0.3) is 0 Å². The van der Waals surface area contributed by atoms with Crippen LogP contribution >= 0.6 is 0 Å². The average molecular weight is 441 g/mol. The lowest BCUT2D eigenvalue weighted by Gasteiger charge is -2.18. The number of nitrogens with zero attached hydrogens (tertiary/aromatic N) is 2. The van der Waals surface area contributed by atoms with Crippen molar-refractivity contribution in [3.05, 3.63) is 24.3 Å². The summed E-state index contributed by atoms with van der Waals surface area (Å²) in [6.45, 7) is 0. The molecular formula is C24H32N4O4+2. The van der Waals surface area contributed by atoms with Crippen LogP contribution in [-0.2, 0) is 19.2 Å². The van der Waals surface area contributed by atoms with Crippen molar-refractivity contribution in [2.24, 2.45) is 0 Å². The highest BCUT2D eigenvalue weighted by atomic mass is 16.2. The molecule has 2 saturated heterocycles. The lowest BCUT2D eigenvalue weighted by atomic mass is 10.2. The topological polar surface area (TPSA) is 108 Å². The fourth-order valence-electron chi connectivity index (χ4n) is 5.86. The molecule has 0 aromatic heterocycles. The number of hydrogen-bond donors (Lipinski definition) is 2. The summed E-state index contributed by atoms with van der Waals surface area (Å²) in [6.07, 6.45) is 9.60. The molecule has 8 nitrogen and oxygen atoms in total. The number of carbonyl (C=O) groups excluding carboxylic acids is 4. The van der Waals surface area contributed by atoms with Crippen molar-refractivity contribution in [1.82, 2.24) is 0 Å². The number of carbonyl (C=O) groups is 4. The Morgan fingerprint density at radius 2 is 0.938 bits per heavy atom. The molecule has 4 aliphatic rings. The third-order valence-electron chi connectivity index (χ3n) is 7.54. The number of benzene rings is 1. The second-order valence-corrected chi connectivity index (χ2v) is 9.75.